The Morgan fingerprint density at radius 2 is 1.36 bits per heavy atom. The summed E-state index contributed by atoms with van der Waals surface area (Å²) in [6.07, 6.45) is 0. The quantitative estimate of drug-likeness (QED) is 0.533. The maximum absolute atomic E-state index is 11.6. The van der Waals surface area contributed by atoms with E-state index in [1.165, 1.54) is 6.07 Å². The third-order valence-electron chi connectivity index (χ3n) is 3.29. The molecule has 3 rings (SSSR count). The van der Waals surface area contributed by atoms with Crippen LogP contribution in [-0.4, -0.2) is 8.76 Å². The van der Waals surface area contributed by atoms with Crippen LogP contribution in [0.3, 0.4) is 0 Å². The van der Waals surface area contributed by atoms with Gasteiger partial charge in [-0.2, -0.15) is 0 Å². The summed E-state index contributed by atoms with van der Waals surface area (Å²) in [7, 11) is 0. The Kier molecular flexibility index (Phi) is 4.87. The van der Waals surface area contributed by atoms with Gasteiger partial charge in [0.25, 0.3) is 0 Å². The number of ether oxygens (including phenoxy) is 2. The molecule has 3 aromatic carbocycles. The number of hydrogen-bond donors (Lipinski definition) is 2. The van der Waals surface area contributed by atoms with Crippen molar-refractivity contribution in [3.05, 3.63) is 66.7 Å². The Morgan fingerprint density at radius 3 is 1.92 bits per heavy atom. The highest BCUT2D eigenvalue weighted by Gasteiger charge is 2.14. The molecular formula is C18H15N2O4S-. The molecule has 7 heteroatoms. The first kappa shape index (κ1) is 16.8. The van der Waals surface area contributed by atoms with Crippen LogP contribution in [0.1, 0.15) is 0 Å². The summed E-state index contributed by atoms with van der Waals surface area (Å²) in [6, 6.07) is 18.1. The Hall–Kier alpha value is -3.03. The molecular weight excluding hydrogens is 340 g/mol. The molecule has 0 heterocycles. The van der Waals surface area contributed by atoms with Crippen LogP contribution in [0.25, 0.3) is 0 Å². The minimum atomic E-state index is -2.50. The van der Waals surface area contributed by atoms with Crippen LogP contribution in [0.2, 0.25) is 0 Å². The Bertz CT molecular complexity index is 930. The van der Waals surface area contributed by atoms with Crippen molar-refractivity contribution in [2.24, 2.45) is 0 Å². The van der Waals surface area contributed by atoms with E-state index in [-0.39, 0.29) is 16.4 Å². The standard InChI is InChI=1S/C18H16N2O4S/c19-12-4-1-6-14(10-12)23-16-8-3-9-17(25(21)22)18(16)24-15-7-2-5-13(20)11-15/h1-11H,19-20H2,(H,21,22)/p-1. The minimum absolute atomic E-state index is 0.0242. The molecule has 0 aliphatic rings. The Morgan fingerprint density at radius 1 is 0.800 bits per heavy atom. The summed E-state index contributed by atoms with van der Waals surface area (Å²) >= 11 is -2.50. The van der Waals surface area contributed by atoms with E-state index in [4.69, 9.17) is 20.9 Å². The summed E-state index contributed by atoms with van der Waals surface area (Å²) in [5.41, 5.74) is 12.5. The summed E-state index contributed by atoms with van der Waals surface area (Å²) in [5.74, 6) is 1.18. The zero-order valence-corrected chi connectivity index (χ0v) is 13.9. The number of para-hydroxylation sites is 1. The zero-order chi connectivity index (χ0) is 17.8. The molecule has 0 bridgehead atoms. The van der Waals surface area contributed by atoms with Gasteiger partial charge in [0.1, 0.15) is 11.5 Å². The number of hydrogen-bond acceptors (Lipinski definition) is 6. The number of benzene rings is 3. The summed E-state index contributed by atoms with van der Waals surface area (Å²) in [5, 5.41) is 0. The van der Waals surface area contributed by atoms with Gasteiger partial charge in [0.2, 0.25) is 0 Å². The average molecular weight is 355 g/mol. The van der Waals surface area contributed by atoms with Gasteiger partial charge in [-0.25, -0.2) is 0 Å². The predicted molar refractivity (Wildman–Crippen MR) is 95.5 cm³/mol. The van der Waals surface area contributed by atoms with E-state index in [1.54, 1.807) is 60.7 Å². The number of nitrogen functional groups attached to an aromatic ring is 2. The van der Waals surface area contributed by atoms with Gasteiger partial charge in [-0.1, -0.05) is 18.2 Å². The highest BCUT2D eigenvalue weighted by molar-refractivity contribution is 7.79. The fraction of sp³-hybridized carbons (Fsp3) is 0. The molecule has 0 aliphatic heterocycles. The largest absolute Gasteiger partial charge is 0.768 e. The van der Waals surface area contributed by atoms with Crippen LogP contribution in [0, 0.1) is 0 Å². The highest BCUT2D eigenvalue weighted by Crippen LogP contribution is 2.39. The molecule has 0 spiro atoms. The number of rotatable bonds is 5. The monoisotopic (exact) mass is 355 g/mol. The van der Waals surface area contributed by atoms with Crippen molar-refractivity contribution in [3.8, 4) is 23.0 Å². The fourth-order valence-corrected chi connectivity index (χ4v) is 2.69. The van der Waals surface area contributed by atoms with Gasteiger partial charge in [0.15, 0.2) is 11.5 Å². The van der Waals surface area contributed by atoms with E-state index in [2.05, 4.69) is 0 Å². The molecule has 0 fully saturated rings. The molecule has 0 amide bonds. The zero-order valence-electron chi connectivity index (χ0n) is 13.0. The van der Waals surface area contributed by atoms with Crippen molar-refractivity contribution < 1.29 is 18.2 Å². The lowest BCUT2D eigenvalue weighted by atomic mass is 10.2. The molecule has 1 atom stereocenters. The van der Waals surface area contributed by atoms with Crippen LogP contribution in [0.4, 0.5) is 11.4 Å². The average Bonchev–Trinajstić information content (AvgIpc) is 2.56. The van der Waals surface area contributed by atoms with E-state index < -0.39 is 11.1 Å². The van der Waals surface area contributed by atoms with Crippen molar-refractivity contribution in [2.75, 3.05) is 11.5 Å². The molecule has 0 saturated heterocycles. The van der Waals surface area contributed by atoms with Gasteiger partial charge < -0.3 is 25.5 Å². The maximum atomic E-state index is 11.6. The van der Waals surface area contributed by atoms with Gasteiger partial charge in [0.05, 0.1) is 4.90 Å². The van der Waals surface area contributed by atoms with Crippen molar-refractivity contribution in [1.82, 2.24) is 0 Å². The third-order valence-corrected chi connectivity index (χ3v) is 3.97. The molecule has 4 N–H and O–H groups in total. The van der Waals surface area contributed by atoms with Crippen molar-refractivity contribution in [2.45, 2.75) is 4.90 Å². The predicted octanol–water partition coefficient (Wildman–Crippen LogP) is 3.67. The van der Waals surface area contributed by atoms with E-state index in [9.17, 15) is 8.76 Å². The SMILES string of the molecule is Nc1cccc(Oc2cccc(S(=O)[O-])c2Oc2cccc(N)c2)c1. The van der Waals surface area contributed by atoms with Crippen LogP contribution < -0.4 is 20.9 Å². The summed E-state index contributed by atoms with van der Waals surface area (Å²) < 4.78 is 34.6. The molecule has 0 radical (unpaired) electrons. The van der Waals surface area contributed by atoms with Crippen LogP contribution in [0.15, 0.2) is 71.6 Å². The molecule has 0 saturated carbocycles. The van der Waals surface area contributed by atoms with Crippen molar-refractivity contribution in [3.63, 3.8) is 0 Å². The normalized spacial score (nSPS) is 11.7. The lowest BCUT2D eigenvalue weighted by molar-refractivity contribution is 0.408. The van der Waals surface area contributed by atoms with Gasteiger partial charge in [-0.3, -0.25) is 4.21 Å². The lowest BCUT2D eigenvalue weighted by Gasteiger charge is -2.17. The van der Waals surface area contributed by atoms with Crippen LogP contribution in [0.5, 0.6) is 23.0 Å². The van der Waals surface area contributed by atoms with E-state index in [0.29, 0.717) is 22.9 Å². The highest BCUT2D eigenvalue weighted by atomic mass is 32.2. The van der Waals surface area contributed by atoms with E-state index >= 15 is 0 Å². The van der Waals surface area contributed by atoms with Gasteiger partial charge in [-0.15, -0.1) is 0 Å². The molecule has 3 aromatic rings. The molecule has 0 aromatic heterocycles. The Labute approximate surface area is 147 Å². The maximum Gasteiger partial charge on any atom is 0.184 e. The van der Waals surface area contributed by atoms with E-state index in [0.717, 1.165) is 0 Å². The topological polar surface area (TPSA) is 111 Å². The molecule has 0 aliphatic carbocycles. The number of nitrogens with two attached hydrogens (primary N) is 2. The molecule has 25 heavy (non-hydrogen) atoms. The second-order valence-corrected chi connectivity index (χ2v) is 6.08. The van der Waals surface area contributed by atoms with Crippen molar-refractivity contribution >= 4 is 22.5 Å². The Balaban J connectivity index is 2.02. The van der Waals surface area contributed by atoms with Crippen LogP contribution in [-0.2, 0) is 11.1 Å². The molecule has 1 unspecified atom stereocenters. The fourth-order valence-electron chi connectivity index (χ4n) is 2.21. The van der Waals surface area contributed by atoms with Gasteiger partial charge in [-0.05, 0) is 47.5 Å². The first-order chi connectivity index (χ1) is 12.0. The van der Waals surface area contributed by atoms with Gasteiger partial charge >= 0.3 is 0 Å². The minimum Gasteiger partial charge on any atom is -0.768 e. The first-order valence-electron chi connectivity index (χ1n) is 7.32. The van der Waals surface area contributed by atoms with Crippen molar-refractivity contribution in [1.29, 1.82) is 0 Å². The second-order valence-electron chi connectivity index (χ2n) is 5.17. The van der Waals surface area contributed by atoms with Crippen LogP contribution >= 0.6 is 0 Å². The van der Waals surface area contributed by atoms with E-state index in [1.807, 2.05) is 0 Å². The first-order valence-corrected chi connectivity index (χ1v) is 8.39. The second kappa shape index (κ2) is 7.25. The summed E-state index contributed by atoms with van der Waals surface area (Å²) in [6.45, 7) is 0. The smallest absolute Gasteiger partial charge is 0.184 e. The third kappa shape index (κ3) is 4.09. The number of anilines is 2. The molecule has 128 valence electrons. The molecule has 6 nitrogen and oxygen atoms in total. The summed E-state index contributed by atoms with van der Waals surface area (Å²) in [4.78, 5) is -0.0242. The lowest BCUT2D eigenvalue weighted by Crippen LogP contribution is -1.98. The van der Waals surface area contributed by atoms with Gasteiger partial charge in [0, 0.05) is 23.5 Å².